The number of carboxylic acid groups (broad SMARTS) is 1. The molecule has 1 aromatic rings. The lowest BCUT2D eigenvalue weighted by Gasteiger charge is -2.32. The number of benzene rings is 1. The van der Waals surface area contributed by atoms with Crippen LogP contribution in [0.4, 0.5) is 5.69 Å². The Balaban J connectivity index is 2.20. The number of hydrogen-bond acceptors (Lipinski definition) is 2. The Kier molecular flexibility index (Phi) is 5.30. The third-order valence-corrected chi connectivity index (χ3v) is 4.35. The van der Waals surface area contributed by atoms with Gasteiger partial charge in [0.25, 0.3) is 0 Å². The van der Waals surface area contributed by atoms with Gasteiger partial charge in [0, 0.05) is 16.8 Å². The molecular formula is C16H22ClNO2. The molecule has 2 rings (SSSR count). The van der Waals surface area contributed by atoms with Gasteiger partial charge in [-0.3, -0.25) is 4.79 Å². The van der Waals surface area contributed by atoms with Crippen molar-refractivity contribution in [1.29, 1.82) is 0 Å². The number of rotatable bonds is 4. The highest BCUT2D eigenvalue weighted by Gasteiger charge is 2.24. The summed E-state index contributed by atoms with van der Waals surface area (Å²) in [6, 6.07) is 7.81. The molecule has 0 aromatic heterocycles. The zero-order chi connectivity index (χ0) is 14.5. The van der Waals surface area contributed by atoms with E-state index < -0.39 is 5.97 Å². The Labute approximate surface area is 125 Å². The van der Waals surface area contributed by atoms with Crippen molar-refractivity contribution in [2.24, 2.45) is 5.92 Å². The first-order valence-corrected chi connectivity index (χ1v) is 7.68. The molecule has 0 radical (unpaired) electrons. The van der Waals surface area contributed by atoms with Crippen LogP contribution in [0.25, 0.3) is 0 Å². The molecule has 1 saturated carbocycles. The lowest BCUT2D eigenvalue weighted by Crippen LogP contribution is -2.39. The van der Waals surface area contributed by atoms with E-state index in [1.54, 1.807) is 0 Å². The molecule has 0 spiro atoms. The minimum atomic E-state index is -0.790. The van der Waals surface area contributed by atoms with Gasteiger partial charge in [-0.2, -0.15) is 0 Å². The second kappa shape index (κ2) is 6.98. The molecule has 1 fully saturated rings. The van der Waals surface area contributed by atoms with Crippen molar-refractivity contribution in [1.82, 2.24) is 0 Å². The number of carboxylic acids is 1. The smallest absolute Gasteiger partial charge is 0.323 e. The predicted molar refractivity (Wildman–Crippen MR) is 82.5 cm³/mol. The molecule has 20 heavy (non-hydrogen) atoms. The van der Waals surface area contributed by atoms with Crippen LogP contribution in [0, 0.1) is 5.92 Å². The number of halogens is 1. The first kappa shape index (κ1) is 15.2. The van der Waals surface area contributed by atoms with Gasteiger partial charge >= 0.3 is 5.97 Å². The SMILES string of the molecule is CC1CCCC(N(CC(=O)O)c2cccc(Cl)c2)CC1. The fourth-order valence-electron chi connectivity index (χ4n) is 3.01. The van der Waals surface area contributed by atoms with E-state index >= 15 is 0 Å². The molecule has 3 nitrogen and oxygen atoms in total. The van der Waals surface area contributed by atoms with E-state index in [2.05, 4.69) is 6.92 Å². The highest BCUT2D eigenvalue weighted by molar-refractivity contribution is 6.30. The summed E-state index contributed by atoms with van der Waals surface area (Å²) in [6.45, 7) is 2.32. The number of hydrogen-bond donors (Lipinski definition) is 1. The molecule has 0 saturated heterocycles. The summed E-state index contributed by atoms with van der Waals surface area (Å²) in [5, 5.41) is 9.85. The second-order valence-electron chi connectivity index (χ2n) is 5.77. The number of nitrogens with zero attached hydrogens (tertiary/aromatic N) is 1. The normalized spacial score (nSPS) is 23.1. The first-order chi connectivity index (χ1) is 9.56. The molecule has 2 atom stereocenters. The molecule has 0 heterocycles. The number of aliphatic carboxylic acids is 1. The molecule has 1 aromatic carbocycles. The highest BCUT2D eigenvalue weighted by atomic mass is 35.5. The van der Waals surface area contributed by atoms with E-state index in [9.17, 15) is 9.90 Å². The molecule has 0 bridgehead atoms. The summed E-state index contributed by atoms with van der Waals surface area (Å²) in [6.07, 6.45) is 5.70. The molecule has 4 heteroatoms. The van der Waals surface area contributed by atoms with E-state index in [0.717, 1.165) is 24.4 Å². The largest absolute Gasteiger partial charge is 0.480 e. The van der Waals surface area contributed by atoms with Gasteiger partial charge in [0.1, 0.15) is 6.54 Å². The van der Waals surface area contributed by atoms with Crippen LogP contribution in [0.1, 0.15) is 39.0 Å². The summed E-state index contributed by atoms with van der Waals surface area (Å²) in [7, 11) is 0. The van der Waals surface area contributed by atoms with E-state index in [1.807, 2.05) is 29.2 Å². The van der Waals surface area contributed by atoms with Gasteiger partial charge in [-0.05, 0) is 43.4 Å². The Morgan fingerprint density at radius 3 is 2.85 bits per heavy atom. The van der Waals surface area contributed by atoms with Gasteiger partial charge in [0.05, 0.1) is 0 Å². The van der Waals surface area contributed by atoms with Crippen molar-refractivity contribution < 1.29 is 9.90 Å². The summed E-state index contributed by atoms with van der Waals surface area (Å²) >= 11 is 6.05. The topological polar surface area (TPSA) is 40.5 Å². The van der Waals surface area contributed by atoms with Crippen molar-refractivity contribution in [2.75, 3.05) is 11.4 Å². The van der Waals surface area contributed by atoms with Crippen LogP contribution >= 0.6 is 11.6 Å². The lowest BCUT2D eigenvalue weighted by molar-refractivity contribution is -0.135. The van der Waals surface area contributed by atoms with E-state index in [0.29, 0.717) is 11.1 Å². The quantitative estimate of drug-likeness (QED) is 0.846. The van der Waals surface area contributed by atoms with Gasteiger partial charge in [0.15, 0.2) is 0 Å². The predicted octanol–water partition coefficient (Wildman–Crippen LogP) is 4.20. The van der Waals surface area contributed by atoms with Crippen LogP contribution < -0.4 is 4.90 Å². The maximum Gasteiger partial charge on any atom is 0.323 e. The highest BCUT2D eigenvalue weighted by Crippen LogP contribution is 2.30. The molecule has 1 aliphatic rings. The van der Waals surface area contributed by atoms with Crippen LogP contribution in [-0.4, -0.2) is 23.7 Å². The molecular weight excluding hydrogens is 274 g/mol. The second-order valence-corrected chi connectivity index (χ2v) is 6.21. The standard InChI is InChI=1S/C16H22ClNO2/c1-12-4-2-6-14(9-8-12)18(11-16(19)20)15-7-3-5-13(17)10-15/h3,5,7,10,12,14H,2,4,6,8-9,11H2,1H3,(H,19,20). The molecule has 1 aliphatic carbocycles. The van der Waals surface area contributed by atoms with Gasteiger partial charge in [-0.15, -0.1) is 0 Å². The van der Waals surface area contributed by atoms with Crippen molar-refractivity contribution >= 4 is 23.3 Å². The lowest BCUT2D eigenvalue weighted by atomic mass is 10.0. The minimum absolute atomic E-state index is 0.0411. The summed E-state index contributed by atoms with van der Waals surface area (Å²) in [5.74, 6) is -0.0479. The summed E-state index contributed by atoms with van der Waals surface area (Å²) < 4.78 is 0. The third-order valence-electron chi connectivity index (χ3n) is 4.11. The van der Waals surface area contributed by atoms with Crippen LogP contribution in [0.5, 0.6) is 0 Å². The van der Waals surface area contributed by atoms with Gasteiger partial charge in [-0.1, -0.05) is 37.4 Å². The fraction of sp³-hybridized carbons (Fsp3) is 0.562. The van der Waals surface area contributed by atoms with Crippen molar-refractivity contribution in [2.45, 2.75) is 45.1 Å². The van der Waals surface area contributed by atoms with Gasteiger partial charge in [-0.25, -0.2) is 0 Å². The minimum Gasteiger partial charge on any atom is -0.480 e. The summed E-state index contributed by atoms with van der Waals surface area (Å²) in [5.41, 5.74) is 0.916. The molecule has 0 aliphatic heterocycles. The fourth-order valence-corrected chi connectivity index (χ4v) is 3.20. The van der Waals surface area contributed by atoms with Crippen molar-refractivity contribution in [3.05, 3.63) is 29.3 Å². The average Bonchev–Trinajstić information content (AvgIpc) is 2.61. The Morgan fingerprint density at radius 1 is 1.35 bits per heavy atom. The van der Waals surface area contributed by atoms with Gasteiger partial charge < -0.3 is 10.0 Å². The van der Waals surface area contributed by atoms with Gasteiger partial charge in [0.2, 0.25) is 0 Å². The van der Waals surface area contributed by atoms with Crippen LogP contribution in [0.3, 0.4) is 0 Å². The van der Waals surface area contributed by atoms with Crippen molar-refractivity contribution in [3.63, 3.8) is 0 Å². The molecule has 2 unspecified atom stereocenters. The third kappa shape index (κ3) is 4.14. The Bertz CT molecular complexity index is 464. The molecule has 110 valence electrons. The summed E-state index contributed by atoms with van der Waals surface area (Å²) in [4.78, 5) is 13.2. The maximum atomic E-state index is 11.2. The van der Waals surface area contributed by atoms with Crippen LogP contribution in [0.15, 0.2) is 24.3 Å². The Morgan fingerprint density at radius 2 is 2.15 bits per heavy atom. The van der Waals surface area contributed by atoms with E-state index in [4.69, 9.17) is 11.6 Å². The molecule has 1 N–H and O–H groups in total. The number of carbonyl (C=O) groups is 1. The van der Waals surface area contributed by atoms with Crippen molar-refractivity contribution in [3.8, 4) is 0 Å². The van der Waals surface area contributed by atoms with E-state index in [1.165, 1.54) is 19.3 Å². The van der Waals surface area contributed by atoms with E-state index in [-0.39, 0.29) is 6.54 Å². The van der Waals surface area contributed by atoms with Crippen LogP contribution in [0.2, 0.25) is 5.02 Å². The molecule has 0 amide bonds. The monoisotopic (exact) mass is 295 g/mol. The Hall–Kier alpha value is -1.22. The zero-order valence-corrected chi connectivity index (χ0v) is 12.6. The zero-order valence-electron chi connectivity index (χ0n) is 11.9. The first-order valence-electron chi connectivity index (χ1n) is 7.30. The number of anilines is 1. The average molecular weight is 296 g/mol. The van der Waals surface area contributed by atoms with Crippen LogP contribution in [-0.2, 0) is 4.79 Å². The maximum absolute atomic E-state index is 11.2.